The van der Waals surface area contributed by atoms with Gasteiger partial charge in [0.25, 0.3) is 5.91 Å². The van der Waals surface area contributed by atoms with Crippen molar-refractivity contribution < 1.29 is 19.4 Å². The minimum Gasteiger partial charge on any atom is -0.481 e. The highest BCUT2D eigenvalue weighted by Gasteiger charge is 2.55. The van der Waals surface area contributed by atoms with E-state index in [4.69, 9.17) is 4.74 Å². The minimum absolute atomic E-state index is 0.116. The van der Waals surface area contributed by atoms with Gasteiger partial charge in [0.1, 0.15) is 0 Å². The smallest absolute Gasteiger partial charge is 0.311 e. The first-order chi connectivity index (χ1) is 10.9. The highest BCUT2D eigenvalue weighted by atomic mass is 16.5. The van der Waals surface area contributed by atoms with Crippen LogP contribution in [-0.4, -0.2) is 58.0 Å². The van der Waals surface area contributed by atoms with E-state index in [9.17, 15) is 14.7 Å². The third kappa shape index (κ3) is 2.34. The number of aryl methyl sites for hydroxylation is 2. The second-order valence-electron chi connectivity index (χ2n) is 6.53. The van der Waals surface area contributed by atoms with Gasteiger partial charge in [0, 0.05) is 37.9 Å². The summed E-state index contributed by atoms with van der Waals surface area (Å²) in [6.45, 7) is 7.93. The third-order valence-electron chi connectivity index (χ3n) is 5.31. The first kappa shape index (κ1) is 16.0. The number of rotatable bonds is 3. The maximum atomic E-state index is 13.0. The van der Waals surface area contributed by atoms with Crippen molar-refractivity contribution in [2.75, 3.05) is 26.3 Å². The molecule has 1 amide bonds. The number of carbonyl (C=O) groups is 2. The number of likely N-dealkylation sites (tertiary alicyclic amines) is 1. The Balaban J connectivity index is 1.90. The van der Waals surface area contributed by atoms with E-state index in [1.807, 2.05) is 25.5 Å². The molecule has 0 aliphatic carbocycles. The SMILES string of the molecule is CCn1nc(C)c(C(=O)N2C[C@H]3COCC[C@@]3(C(=O)O)C2)c1C. The number of nitrogens with zero attached hydrogens (tertiary/aromatic N) is 3. The van der Waals surface area contributed by atoms with Gasteiger partial charge < -0.3 is 14.7 Å². The molecular formula is C16H23N3O4. The molecule has 7 nitrogen and oxygen atoms in total. The summed E-state index contributed by atoms with van der Waals surface area (Å²) in [6.07, 6.45) is 0.461. The van der Waals surface area contributed by atoms with Gasteiger partial charge in [0.2, 0.25) is 0 Å². The third-order valence-corrected chi connectivity index (χ3v) is 5.31. The lowest BCUT2D eigenvalue weighted by Crippen LogP contribution is -2.45. The van der Waals surface area contributed by atoms with Gasteiger partial charge in [-0.15, -0.1) is 0 Å². The van der Waals surface area contributed by atoms with Crippen molar-refractivity contribution in [1.29, 1.82) is 0 Å². The predicted molar refractivity (Wildman–Crippen MR) is 82.3 cm³/mol. The monoisotopic (exact) mass is 321 g/mol. The van der Waals surface area contributed by atoms with Gasteiger partial charge >= 0.3 is 5.97 Å². The molecule has 2 fully saturated rings. The van der Waals surface area contributed by atoms with Crippen molar-refractivity contribution in [2.45, 2.75) is 33.7 Å². The fourth-order valence-electron chi connectivity index (χ4n) is 3.93. The lowest BCUT2D eigenvalue weighted by atomic mass is 9.74. The van der Waals surface area contributed by atoms with E-state index >= 15 is 0 Å². The second-order valence-corrected chi connectivity index (χ2v) is 6.53. The van der Waals surface area contributed by atoms with Gasteiger partial charge in [-0.1, -0.05) is 0 Å². The molecule has 2 aliphatic heterocycles. The maximum absolute atomic E-state index is 13.0. The Morgan fingerprint density at radius 1 is 1.43 bits per heavy atom. The zero-order chi connectivity index (χ0) is 16.8. The van der Waals surface area contributed by atoms with E-state index in [-0.39, 0.29) is 18.4 Å². The van der Waals surface area contributed by atoms with Crippen LogP contribution in [0.25, 0.3) is 0 Å². The van der Waals surface area contributed by atoms with Gasteiger partial charge in [-0.2, -0.15) is 5.10 Å². The zero-order valence-corrected chi connectivity index (χ0v) is 13.8. The fraction of sp³-hybridized carbons (Fsp3) is 0.688. The average molecular weight is 321 g/mol. The summed E-state index contributed by atoms with van der Waals surface area (Å²) in [4.78, 5) is 26.5. The number of carboxylic acid groups (broad SMARTS) is 1. The Labute approximate surface area is 135 Å². The van der Waals surface area contributed by atoms with Crippen molar-refractivity contribution in [2.24, 2.45) is 11.3 Å². The van der Waals surface area contributed by atoms with Crippen LogP contribution in [0, 0.1) is 25.2 Å². The van der Waals surface area contributed by atoms with Crippen LogP contribution in [0.4, 0.5) is 0 Å². The highest BCUT2D eigenvalue weighted by molar-refractivity contribution is 5.97. The van der Waals surface area contributed by atoms with Crippen LogP contribution < -0.4 is 0 Å². The van der Waals surface area contributed by atoms with Gasteiger partial charge in [-0.05, 0) is 27.2 Å². The lowest BCUT2D eigenvalue weighted by molar-refractivity contribution is -0.157. The van der Waals surface area contributed by atoms with Gasteiger partial charge in [0.05, 0.1) is 23.3 Å². The van der Waals surface area contributed by atoms with E-state index in [0.717, 1.165) is 5.69 Å². The van der Waals surface area contributed by atoms with Crippen LogP contribution in [-0.2, 0) is 16.1 Å². The molecule has 3 heterocycles. The van der Waals surface area contributed by atoms with E-state index in [1.54, 1.807) is 4.90 Å². The summed E-state index contributed by atoms with van der Waals surface area (Å²) in [5, 5.41) is 14.1. The molecule has 3 rings (SSSR count). The summed E-state index contributed by atoms with van der Waals surface area (Å²) in [6, 6.07) is 0. The van der Waals surface area contributed by atoms with Crippen LogP contribution in [0.1, 0.15) is 35.1 Å². The Bertz CT molecular complexity index is 654. The van der Waals surface area contributed by atoms with Gasteiger partial charge in [-0.25, -0.2) is 0 Å². The first-order valence-electron chi connectivity index (χ1n) is 8.05. The molecule has 0 saturated carbocycles. The minimum atomic E-state index is -0.865. The lowest BCUT2D eigenvalue weighted by Gasteiger charge is -2.33. The Morgan fingerprint density at radius 2 is 2.17 bits per heavy atom. The van der Waals surface area contributed by atoms with Crippen molar-refractivity contribution >= 4 is 11.9 Å². The van der Waals surface area contributed by atoms with Crippen molar-refractivity contribution in [3.05, 3.63) is 17.0 Å². The molecule has 2 aliphatic rings. The van der Waals surface area contributed by atoms with Crippen LogP contribution >= 0.6 is 0 Å². The zero-order valence-electron chi connectivity index (χ0n) is 13.8. The molecule has 1 N–H and O–H groups in total. The summed E-state index contributed by atoms with van der Waals surface area (Å²) < 4.78 is 7.25. The second kappa shape index (κ2) is 5.63. The molecule has 23 heavy (non-hydrogen) atoms. The van der Waals surface area contributed by atoms with Crippen molar-refractivity contribution in [3.63, 3.8) is 0 Å². The number of carbonyl (C=O) groups excluding carboxylic acids is 1. The first-order valence-corrected chi connectivity index (χ1v) is 8.05. The molecule has 7 heteroatoms. The summed E-state index contributed by atoms with van der Waals surface area (Å²) in [5.41, 5.74) is 1.28. The molecule has 1 aromatic heterocycles. The number of hydrogen-bond donors (Lipinski definition) is 1. The Kier molecular flexibility index (Phi) is 3.91. The van der Waals surface area contributed by atoms with Crippen LogP contribution in [0.3, 0.4) is 0 Å². The number of carboxylic acids is 1. The quantitative estimate of drug-likeness (QED) is 0.900. The largest absolute Gasteiger partial charge is 0.481 e. The average Bonchev–Trinajstić information content (AvgIpc) is 3.05. The fourth-order valence-corrected chi connectivity index (χ4v) is 3.93. The van der Waals surface area contributed by atoms with Crippen LogP contribution in [0.5, 0.6) is 0 Å². The number of hydrogen-bond acceptors (Lipinski definition) is 4. The van der Waals surface area contributed by atoms with Crippen LogP contribution in [0.2, 0.25) is 0 Å². The molecule has 2 saturated heterocycles. The molecule has 0 aromatic carbocycles. The molecule has 126 valence electrons. The number of fused-ring (bicyclic) bond motifs is 1. The number of aliphatic carboxylic acids is 1. The predicted octanol–water partition coefficient (Wildman–Crippen LogP) is 1.08. The van der Waals surface area contributed by atoms with Crippen molar-refractivity contribution in [3.8, 4) is 0 Å². The maximum Gasteiger partial charge on any atom is 0.311 e. The molecule has 0 unspecified atom stereocenters. The number of ether oxygens (including phenoxy) is 1. The van der Waals surface area contributed by atoms with E-state index in [2.05, 4.69) is 5.10 Å². The molecule has 0 radical (unpaired) electrons. The molecule has 2 atom stereocenters. The number of amides is 1. The van der Waals surface area contributed by atoms with Crippen molar-refractivity contribution in [1.82, 2.24) is 14.7 Å². The summed E-state index contributed by atoms with van der Waals surface area (Å²) >= 11 is 0. The van der Waals surface area contributed by atoms with E-state index < -0.39 is 11.4 Å². The summed E-state index contributed by atoms with van der Waals surface area (Å²) in [7, 11) is 0. The topological polar surface area (TPSA) is 84.7 Å². The van der Waals surface area contributed by atoms with Gasteiger partial charge in [0.15, 0.2) is 0 Å². The highest BCUT2D eigenvalue weighted by Crippen LogP contribution is 2.43. The summed E-state index contributed by atoms with van der Waals surface area (Å²) in [5.74, 6) is -1.08. The molecule has 0 spiro atoms. The van der Waals surface area contributed by atoms with E-state index in [0.29, 0.717) is 44.0 Å². The Morgan fingerprint density at radius 3 is 2.74 bits per heavy atom. The molecule has 0 bridgehead atoms. The molecular weight excluding hydrogens is 298 g/mol. The number of aromatic nitrogens is 2. The normalized spacial score (nSPS) is 27.1. The standard InChI is InChI=1S/C16H23N3O4/c1-4-19-11(3)13(10(2)17-19)14(20)18-7-12-8-23-6-5-16(12,9-18)15(21)22/h12H,4-9H2,1-3H3,(H,21,22)/t12-,16+/m0/s1. The molecule has 1 aromatic rings. The Hall–Kier alpha value is -1.89. The van der Waals surface area contributed by atoms with Crippen LogP contribution in [0.15, 0.2) is 0 Å². The van der Waals surface area contributed by atoms with Gasteiger partial charge in [-0.3, -0.25) is 14.3 Å². The van der Waals surface area contributed by atoms with E-state index in [1.165, 1.54) is 0 Å².